The summed E-state index contributed by atoms with van der Waals surface area (Å²) in [5.41, 5.74) is 0.711. The highest BCUT2D eigenvalue weighted by atomic mass is 32.2. The minimum atomic E-state index is -0.842. The number of nitrogens with one attached hydrogen (secondary N) is 2. The van der Waals surface area contributed by atoms with Crippen molar-refractivity contribution in [3.05, 3.63) is 53.3 Å². The van der Waals surface area contributed by atoms with Crippen molar-refractivity contribution in [1.82, 2.24) is 20.3 Å². The Morgan fingerprint density at radius 1 is 1.40 bits per heavy atom. The van der Waals surface area contributed by atoms with Gasteiger partial charge in [0.2, 0.25) is 0 Å². The number of aromatic nitrogens is 3. The number of pyridine rings is 1. The number of carbonyl (C=O) groups excluding carboxylic acids is 1. The van der Waals surface area contributed by atoms with Gasteiger partial charge in [0.05, 0.1) is 25.4 Å². The number of ether oxygens (including phenoxy) is 1. The van der Waals surface area contributed by atoms with Crippen molar-refractivity contribution in [2.45, 2.75) is 5.16 Å². The molecular weight excluding hydrogens is 352 g/mol. The Bertz CT molecular complexity index is 852. The summed E-state index contributed by atoms with van der Waals surface area (Å²) in [6, 6.07) is 0.726. The van der Waals surface area contributed by atoms with Gasteiger partial charge in [0.15, 0.2) is 16.8 Å². The maximum Gasteiger partial charge on any atom is 0.337 e. The topological polar surface area (TPSA) is 92.3 Å². The lowest BCUT2D eigenvalue weighted by atomic mass is 10.1. The van der Waals surface area contributed by atoms with Crippen molar-refractivity contribution >= 4 is 23.6 Å². The third-order valence-electron chi connectivity index (χ3n) is 3.32. The minimum Gasteiger partial charge on any atom is -0.466 e. The number of hydrogen-bond acceptors (Lipinski definition) is 7. The van der Waals surface area contributed by atoms with Crippen molar-refractivity contribution in [3.8, 4) is 0 Å². The van der Waals surface area contributed by atoms with E-state index in [4.69, 9.17) is 4.74 Å². The lowest BCUT2D eigenvalue weighted by Crippen LogP contribution is -2.34. The lowest BCUT2D eigenvalue weighted by molar-refractivity contribution is -0.136. The van der Waals surface area contributed by atoms with E-state index in [1.807, 2.05) is 0 Å². The molecule has 0 atom stereocenters. The van der Waals surface area contributed by atoms with Crippen LogP contribution in [0.25, 0.3) is 0 Å². The smallest absolute Gasteiger partial charge is 0.337 e. The van der Waals surface area contributed by atoms with Gasteiger partial charge < -0.3 is 15.0 Å². The molecule has 25 heavy (non-hydrogen) atoms. The Morgan fingerprint density at radius 2 is 2.24 bits per heavy atom. The fourth-order valence-corrected chi connectivity index (χ4v) is 2.95. The number of aromatic amines is 1. The fourth-order valence-electron chi connectivity index (χ4n) is 2.14. The summed E-state index contributed by atoms with van der Waals surface area (Å²) in [5, 5.41) is 3.56. The number of hydrogen-bond donors (Lipinski definition) is 2. The van der Waals surface area contributed by atoms with Gasteiger partial charge in [-0.05, 0) is 0 Å². The first-order valence-corrected chi connectivity index (χ1v) is 8.12. The Morgan fingerprint density at radius 3 is 2.92 bits per heavy atom. The highest BCUT2D eigenvalue weighted by Crippen LogP contribution is 2.21. The number of amidine groups is 1. The normalized spacial score (nSPS) is 14.1. The molecule has 0 spiro atoms. The highest BCUT2D eigenvalue weighted by molar-refractivity contribution is 7.99. The first-order valence-electron chi connectivity index (χ1n) is 7.14. The summed E-state index contributed by atoms with van der Waals surface area (Å²) in [4.78, 5) is 26.8. The van der Waals surface area contributed by atoms with Crippen LogP contribution in [0.3, 0.4) is 0 Å². The van der Waals surface area contributed by atoms with Crippen LogP contribution in [-0.4, -0.2) is 46.2 Å². The van der Waals surface area contributed by atoms with Crippen LogP contribution < -0.4 is 5.32 Å². The molecule has 0 bridgehead atoms. The maximum atomic E-state index is 13.9. The molecule has 0 aromatic carbocycles. The second-order valence-electron chi connectivity index (χ2n) is 4.91. The number of imidazole rings is 1. The van der Waals surface area contributed by atoms with Gasteiger partial charge in [-0.1, -0.05) is 11.8 Å². The molecule has 2 N–H and O–H groups in total. The molecule has 0 saturated heterocycles. The van der Waals surface area contributed by atoms with Crippen LogP contribution in [0.15, 0.2) is 46.1 Å². The van der Waals surface area contributed by atoms with Gasteiger partial charge in [0.25, 0.3) is 0 Å². The number of esters is 1. The van der Waals surface area contributed by atoms with Gasteiger partial charge >= 0.3 is 5.97 Å². The number of carbonyl (C=O) groups is 1. The first-order chi connectivity index (χ1) is 12.1. The maximum absolute atomic E-state index is 13.9. The molecule has 3 rings (SSSR count). The Hall–Kier alpha value is -2.75. The van der Waals surface area contributed by atoms with E-state index < -0.39 is 17.6 Å². The second kappa shape index (κ2) is 7.43. The van der Waals surface area contributed by atoms with Crippen LogP contribution in [0.2, 0.25) is 0 Å². The quantitative estimate of drug-likeness (QED) is 0.618. The van der Waals surface area contributed by atoms with Crippen LogP contribution in [0, 0.1) is 11.6 Å². The molecular formula is C15H13F2N5O2S. The molecule has 3 heterocycles. The standard InChI is InChI=1S/C15H13F2N5O2S/c1-24-14(23)9-6-21-13(12-10(17)4-8(16)5-20-12)22-11(9)7-25-15-18-2-3-19-15/h2-5H,6-7H2,1H3,(H,18,19)(H,21,22). The number of halogens is 2. The van der Waals surface area contributed by atoms with Crippen molar-refractivity contribution in [3.63, 3.8) is 0 Å². The second-order valence-corrected chi connectivity index (χ2v) is 5.87. The zero-order valence-corrected chi connectivity index (χ0v) is 13.9. The summed E-state index contributed by atoms with van der Waals surface area (Å²) in [6.07, 6.45) is 4.19. The van der Waals surface area contributed by atoms with E-state index in [1.165, 1.54) is 18.9 Å². The predicted molar refractivity (Wildman–Crippen MR) is 87.0 cm³/mol. The molecule has 7 nitrogen and oxygen atoms in total. The minimum absolute atomic E-state index is 0.00154. The Labute approximate surface area is 145 Å². The summed E-state index contributed by atoms with van der Waals surface area (Å²) >= 11 is 1.35. The molecule has 2 aromatic rings. The van der Waals surface area contributed by atoms with Gasteiger partial charge in [-0.15, -0.1) is 0 Å². The van der Waals surface area contributed by atoms with Crippen LogP contribution in [0.5, 0.6) is 0 Å². The molecule has 0 amide bonds. The van der Waals surface area contributed by atoms with Crippen LogP contribution in [-0.2, 0) is 9.53 Å². The monoisotopic (exact) mass is 365 g/mol. The average molecular weight is 365 g/mol. The third-order valence-corrected chi connectivity index (χ3v) is 4.25. The third kappa shape index (κ3) is 3.85. The zero-order valence-electron chi connectivity index (χ0n) is 13.0. The summed E-state index contributed by atoms with van der Waals surface area (Å²) < 4.78 is 31.7. The number of H-pyrrole nitrogens is 1. The Balaban J connectivity index is 1.84. The molecule has 10 heteroatoms. The van der Waals surface area contributed by atoms with Crippen molar-refractivity contribution in [1.29, 1.82) is 0 Å². The van der Waals surface area contributed by atoms with Crippen molar-refractivity contribution in [2.24, 2.45) is 4.99 Å². The first kappa shape index (κ1) is 17.1. The van der Waals surface area contributed by atoms with Crippen LogP contribution >= 0.6 is 11.8 Å². The average Bonchev–Trinajstić information content (AvgIpc) is 3.12. The molecule has 0 fully saturated rings. The summed E-state index contributed by atoms with van der Waals surface area (Å²) in [5.74, 6) is -1.68. The van der Waals surface area contributed by atoms with Gasteiger partial charge in [-0.25, -0.2) is 23.5 Å². The van der Waals surface area contributed by atoms with Crippen molar-refractivity contribution in [2.75, 3.05) is 19.4 Å². The molecule has 0 unspecified atom stereocenters. The number of methoxy groups -OCH3 is 1. The van der Waals surface area contributed by atoms with E-state index in [0.29, 0.717) is 22.2 Å². The number of nitrogens with zero attached hydrogens (tertiary/aromatic N) is 3. The molecule has 2 aromatic heterocycles. The SMILES string of the molecule is COC(=O)C1=C(CSc2ncc[nH]2)NC(c2ncc(F)cc2F)=NC1. The zero-order chi connectivity index (χ0) is 17.8. The largest absolute Gasteiger partial charge is 0.466 e. The molecule has 1 aliphatic rings. The van der Waals surface area contributed by atoms with E-state index in [1.54, 1.807) is 12.4 Å². The molecule has 0 radical (unpaired) electrons. The number of thioether (sulfide) groups is 1. The lowest BCUT2D eigenvalue weighted by Gasteiger charge is -2.20. The van der Waals surface area contributed by atoms with Gasteiger partial charge in [0.1, 0.15) is 11.5 Å². The van der Waals surface area contributed by atoms with E-state index in [0.717, 1.165) is 12.3 Å². The van der Waals surface area contributed by atoms with Crippen LogP contribution in [0.1, 0.15) is 5.69 Å². The predicted octanol–water partition coefficient (Wildman–Crippen LogP) is 1.65. The number of aliphatic imine (C=N–C) groups is 1. The van der Waals surface area contributed by atoms with Gasteiger partial charge in [0, 0.05) is 29.9 Å². The molecule has 1 aliphatic heterocycles. The van der Waals surface area contributed by atoms with E-state index in [-0.39, 0.29) is 18.1 Å². The van der Waals surface area contributed by atoms with Gasteiger partial charge in [-0.3, -0.25) is 4.99 Å². The molecule has 0 saturated carbocycles. The van der Waals surface area contributed by atoms with E-state index in [2.05, 4.69) is 25.3 Å². The summed E-state index contributed by atoms with van der Waals surface area (Å²) in [6.45, 7) is 0.00154. The Kier molecular flexibility index (Phi) is 5.08. The number of rotatable bonds is 5. The summed E-state index contributed by atoms with van der Waals surface area (Å²) in [7, 11) is 1.27. The molecule has 0 aliphatic carbocycles. The van der Waals surface area contributed by atoms with Crippen molar-refractivity contribution < 1.29 is 18.3 Å². The highest BCUT2D eigenvalue weighted by Gasteiger charge is 2.24. The van der Waals surface area contributed by atoms with Crippen LogP contribution in [0.4, 0.5) is 8.78 Å². The van der Waals surface area contributed by atoms with E-state index >= 15 is 0 Å². The van der Waals surface area contributed by atoms with Gasteiger partial charge in [-0.2, -0.15) is 0 Å². The fraction of sp³-hybridized carbons (Fsp3) is 0.200. The van der Waals surface area contributed by atoms with E-state index in [9.17, 15) is 13.6 Å². The molecule has 130 valence electrons.